The van der Waals surface area contributed by atoms with Crippen LogP contribution >= 0.6 is 0 Å². The van der Waals surface area contributed by atoms with E-state index in [1.54, 1.807) is 0 Å². The van der Waals surface area contributed by atoms with E-state index in [9.17, 15) is 0 Å². The minimum Gasteiger partial charge on any atom is -1.00 e. The van der Waals surface area contributed by atoms with E-state index in [0.717, 1.165) is 0 Å². The van der Waals surface area contributed by atoms with Crippen LogP contribution in [0, 0.1) is 0 Å². The van der Waals surface area contributed by atoms with Crippen molar-refractivity contribution in [3.05, 3.63) is 0 Å². The first-order chi connectivity index (χ1) is 0. The van der Waals surface area contributed by atoms with Crippen molar-refractivity contribution in [2.75, 3.05) is 0 Å². The Morgan fingerprint density at radius 2 is 0.600 bits per heavy atom. The summed E-state index contributed by atoms with van der Waals surface area (Å²) in [5, 5.41) is 0. The van der Waals surface area contributed by atoms with Crippen LogP contribution in [0.1, 0.15) is 0 Å². The Bertz CT molecular complexity index is 6.85. The van der Waals surface area contributed by atoms with Gasteiger partial charge < -0.3 is 14.1 Å². The van der Waals surface area contributed by atoms with Crippen LogP contribution in [0.5, 0.6) is 0 Å². The molecule has 0 saturated carbocycles. The Kier molecular flexibility index (Phi) is 1810. The molecule has 0 heterocycles. The molecule has 0 amide bonds. The molecule has 0 aromatic heterocycles. The summed E-state index contributed by atoms with van der Waals surface area (Å²) in [5.74, 6) is 0. The van der Waals surface area contributed by atoms with Gasteiger partial charge in [-0.15, -0.1) is 0 Å². The van der Waals surface area contributed by atoms with Gasteiger partial charge in [0.1, 0.15) is 0 Å². The average Bonchev–Trinajstić information content (AvgIpc) is 0. The molecule has 0 aromatic rings. The number of halogens is 3. The third-order valence-corrected chi connectivity index (χ3v) is 0. The molecule has 5 heteroatoms. The Morgan fingerprint density at radius 3 is 0.600 bits per heavy atom. The van der Waals surface area contributed by atoms with E-state index in [-0.39, 0.29) is 57.8 Å². The van der Waals surface area contributed by atoms with Crippen molar-refractivity contribution in [2.24, 2.45) is 0 Å². The molecule has 0 bridgehead atoms. The summed E-state index contributed by atoms with van der Waals surface area (Å²) < 4.78 is 0. The van der Waals surface area contributed by atoms with Crippen LogP contribution in [0.25, 0.3) is 0 Å². The van der Waals surface area contributed by atoms with Gasteiger partial charge in [0.25, 0.3) is 0 Å². The van der Waals surface area contributed by atoms with E-state index in [2.05, 4.69) is 0 Å². The Morgan fingerprint density at radius 1 is 0.600 bits per heavy atom. The molecule has 0 unspecified atom stereocenters. The van der Waals surface area contributed by atoms with E-state index < -0.39 is 0 Å². The zero-order valence-electron chi connectivity index (χ0n) is 1.71. The van der Waals surface area contributed by atoms with Crippen molar-refractivity contribution < 1.29 is 46.8 Å². The van der Waals surface area contributed by atoms with Crippen molar-refractivity contribution >= 4 is 11.0 Å². The van der Waals surface area contributed by atoms with Crippen molar-refractivity contribution in [2.45, 2.75) is 0 Å². The number of rotatable bonds is 0. The maximum Gasteiger partial charge on any atom is 3.00 e. The second kappa shape index (κ2) is 70.0. The molecule has 0 aliphatic rings. The van der Waals surface area contributed by atoms with Gasteiger partial charge in [-0.3, -0.25) is 0 Å². The van der Waals surface area contributed by atoms with Gasteiger partial charge in [0.2, 0.25) is 0 Å². The molecular formula is H4F3SiY. The van der Waals surface area contributed by atoms with E-state index in [0.29, 0.717) is 0 Å². The Hall–Kier alpha value is 1.11. The molecule has 0 spiro atoms. The molecule has 5 heavy (non-hydrogen) atoms. The molecule has 0 N–H and O–H groups in total. The molecular weight excluding hydrogens is 174 g/mol. The summed E-state index contributed by atoms with van der Waals surface area (Å²) in [5.41, 5.74) is 0. The van der Waals surface area contributed by atoms with Gasteiger partial charge >= 0.3 is 32.7 Å². The van der Waals surface area contributed by atoms with Crippen molar-refractivity contribution in [3.63, 3.8) is 0 Å². The van der Waals surface area contributed by atoms with Gasteiger partial charge in [0.05, 0.1) is 0 Å². The van der Waals surface area contributed by atoms with Gasteiger partial charge in [0, 0.05) is 0 Å². The van der Waals surface area contributed by atoms with Crippen LogP contribution in [0.4, 0.5) is 0 Å². The predicted molar refractivity (Wildman–Crippen MR) is 11.3 cm³/mol. The van der Waals surface area contributed by atoms with Crippen molar-refractivity contribution in [3.8, 4) is 0 Å². The molecule has 0 aliphatic carbocycles. The number of hydrogen-bond acceptors (Lipinski definition) is 0. The third kappa shape index (κ3) is 40.1. The predicted octanol–water partition coefficient (Wildman–Crippen LogP) is -10.4. The zero-order valence-corrected chi connectivity index (χ0v) is 4.55. The van der Waals surface area contributed by atoms with Crippen LogP contribution in [0.2, 0.25) is 0 Å². The van der Waals surface area contributed by atoms with Crippen LogP contribution < -0.4 is 14.1 Å². The Labute approximate surface area is 57.7 Å². The fourth-order valence-electron chi connectivity index (χ4n) is 0. The fourth-order valence-corrected chi connectivity index (χ4v) is 0. The average molecular weight is 178 g/mol. The van der Waals surface area contributed by atoms with E-state index in [1.807, 2.05) is 0 Å². The second-order valence-electron chi connectivity index (χ2n) is 0. The zero-order chi connectivity index (χ0) is 0. The maximum absolute atomic E-state index is 0. The van der Waals surface area contributed by atoms with E-state index in [4.69, 9.17) is 0 Å². The first-order valence-electron chi connectivity index (χ1n) is 0. The SMILES string of the molecule is [F-].[F-].[F-].[SiH4].[Y+3]. The largest absolute Gasteiger partial charge is 3.00 e. The summed E-state index contributed by atoms with van der Waals surface area (Å²) in [6.45, 7) is 0. The molecule has 0 aliphatic heterocycles. The molecule has 0 nitrogen and oxygen atoms in total. The van der Waals surface area contributed by atoms with Gasteiger partial charge in [-0.2, -0.15) is 0 Å². The molecule has 0 rings (SSSR count). The first-order valence-corrected chi connectivity index (χ1v) is 0. The van der Waals surface area contributed by atoms with Gasteiger partial charge in [-0.25, -0.2) is 0 Å². The molecule has 0 radical (unpaired) electrons. The quantitative estimate of drug-likeness (QED) is 0.323. The van der Waals surface area contributed by atoms with Crippen molar-refractivity contribution in [1.29, 1.82) is 0 Å². The van der Waals surface area contributed by atoms with Gasteiger partial charge in [0.15, 0.2) is 0 Å². The normalized spacial score (nSPS) is 0. The third-order valence-electron chi connectivity index (χ3n) is 0. The molecule has 0 fully saturated rings. The van der Waals surface area contributed by atoms with Crippen LogP contribution in [-0.4, -0.2) is 11.0 Å². The van der Waals surface area contributed by atoms with E-state index >= 15 is 0 Å². The summed E-state index contributed by atoms with van der Waals surface area (Å²) in [7, 11) is 0. The standard InChI is InChI=1S/3FH.H4Si.Y/h3*1H;1H4;/q;;;;+3/p-3. The van der Waals surface area contributed by atoms with E-state index in [1.165, 1.54) is 0 Å². The summed E-state index contributed by atoms with van der Waals surface area (Å²) in [4.78, 5) is 0. The topological polar surface area (TPSA) is 0 Å². The summed E-state index contributed by atoms with van der Waals surface area (Å²) in [6.07, 6.45) is 0. The maximum atomic E-state index is 0. The van der Waals surface area contributed by atoms with Crippen LogP contribution in [0.3, 0.4) is 0 Å². The first kappa shape index (κ1) is 129. The minimum atomic E-state index is 0. The monoisotopic (exact) mass is 178 g/mol. The molecule has 0 aromatic carbocycles. The van der Waals surface area contributed by atoms with Gasteiger partial charge in [-0.05, 0) is 11.0 Å². The smallest absolute Gasteiger partial charge is 1.00 e. The number of hydrogen-bond donors (Lipinski definition) is 0. The van der Waals surface area contributed by atoms with Crippen molar-refractivity contribution in [1.82, 2.24) is 0 Å². The fraction of sp³-hybridized carbons (Fsp3) is 0. The Balaban J connectivity index is 0. The summed E-state index contributed by atoms with van der Waals surface area (Å²) >= 11 is 0. The molecule has 0 atom stereocenters. The molecule has 32 valence electrons. The molecule has 0 saturated heterocycles. The second-order valence-corrected chi connectivity index (χ2v) is 0. The van der Waals surface area contributed by atoms with Crippen LogP contribution in [-0.2, 0) is 32.7 Å². The summed E-state index contributed by atoms with van der Waals surface area (Å²) in [6, 6.07) is 0. The minimum absolute atomic E-state index is 0. The van der Waals surface area contributed by atoms with Crippen LogP contribution in [0.15, 0.2) is 0 Å². The van der Waals surface area contributed by atoms with Gasteiger partial charge in [-0.1, -0.05) is 0 Å².